The number of carbonyl (C=O) groups excluding carboxylic acids is 1. The summed E-state index contributed by atoms with van der Waals surface area (Å²) < 4.78 is 6.51. The lowest BCUT2D eigenvalue weighted by molar-refractivity contribution is -0.384. The topological polar surface area (TPSA) is 88.8 Å². The molecule has 1 amide bonds. The van der Waals surface area contributed by atoms with Crippen molar-refractivity contribution in [2.45, 2.75) is 20.8 Å². The van der Waals surface area contributed by atoms with Gasteiger partial charge in [0.2, 0.25) is 0 Å². The number of benzene rings is 2. The van der Waals surface area contributed by atoms with Crippen molar-refractivity contribution in [2.75, 3.05) is 37.7 Å². The number of nitro benzene ring substituents is 1. The second-order valence-electron chi connectivity index (χ2n) is 6.85. The van der Waals surface area contributed by atoms with Gasteiger partial charge in [0.05, 0.1) is 21.7 Å². The van der Waals surface area contributed by atoms with Crippen LogP contribution in [0, 0.1) is 10.1 Å². The molecule has 10 heteroatoms. The van der Waals surface area contributed by atoms with E-state index in [9.17, 15) is 14.9 Å². The van der Waals surface area contributed by atoms with E-state index in [1.807, 2.05) is 25.1 Å². The van der Waals surface area contributed by atoms with Gasteiger partial charge in [0.25, 0.3) is 11.6 Å². The van der Waals surface area contributed by atoms with E-state index in [0.717, 1.165) is 29.1 Å². The molecule has 0 saturated heterocycles. The Labute approximate surface area is 197 Å². The monoisotopic (exact) mass is 477 g/mol. The number of halogens is 1. The van der Waals surface area contributed by atoms with Gasteiger partial charge in [0.15, 0.2) is 5.13 Å². The van der Waals surface area contributed by atoms with Crippen molar-refractivity contribution in [1.82, 2.24) is 9.88 Å². The molecule has 0 unspecified atom stereocenters. The summed E-state index contributed by atoms with van der Waals surface area (Å²) in [6.07, 6.45) is 0. The number of hydrogen-bond acceptors (Lipinski definition) is 7. The van der Waals surface area contributed by atoms with Crippen molar-refractivity contribution < 1.29 is 26.9 Å². The average molecular weight is 478 g/mol. The van der Waals surface area contributed by atoms with Gasteiger partial charge in [-0.3, -0.25) is 19.8 Å². The maximum absolute atomic E-state index is 13.3. The number of nitrogens with zero attached hydrogens (tertiary/aromatic N) is 4. The molecule has 0 fully saturated rings. The first-order valence-corrected chi connectivity index (χ1v) is 11.1. The molecule has 0 aliphatic rings. The van der Waals surface area contributed by atoms with Crippen molar-refractivity contribution in [2.24, 2.45) is 0 Å². The molecule has 0 N–H and O–H groups in total. The van der Waals surface area contributed by atoms with Crippen molar-refractivity contribution in [3.8, 4) is 5.75 Å². The number of hydrogen-bond donors (Lipinski definition) is 0. The number of likely N-dealkylation sites (N-methyl/N-ethyl adjacent to an activating group) is 1. The zero-order chi connectivity index (χ0) is 22.4. The van der Waals surface area contributed by atoms with Crippen LogP contribution in [0.1, 0.15) is 31.1 Å². The highest BCUT2D eigenvalue weighted by atomic mass is 35.5. The summed E-state index contributed by atoms with van der Waals surface area (Å²) >= 11 is 1.43. The van der Waals surface area contributed by atoms with Crippen LogP contribution in [-0.4, -0.2) is 53.5 Å². The highest BCUT2D eigenvalue weighted by Crippen LogP contribution is 2.32. The zero-order valence-corrected chi connectivity index (χ0v) is 19.9. The van der Waals surface area contributed by atoms with Crippen LogP contribution in [-0.2, 0) is 0 Å². The molecule has 32 heavy (non-hydrogen) atoms. The molecule has 172 valence electrons. The maximum Gasteiger partial charge on any atom is 0.269 e. The van der Waals surface area contributed by atoms with E-state index in [-0.39, 0.29) is 24.0 Å². The summed E-state index contributed by atoms with van der Waals surface area (Å²) in [6.45, 7) is 9.60. The van der Waals surface area contributed by atoms with E-state index in [0.29, 0.717) is 30.4 Å². The predicted octanol–water partition coefficient (Wildman–Crippen LogP) is 1.60. The first-order chi connectivity index (χ1) is 15.0. The Hall–Kier alpha value is -2.75. The molecular weight excluding hydrogens is 452 g/mol. The summed E-state index contributed by atoms with van der Waals surface area (Å²) in [4.78, 5) is 32.4. The summed E-state index contributed by atoms with van der Waals surface area (Å²) in [5.74, 6) is 0.535. The van der Waals surface area contributed by atoms with Crippen LogP contribution >= 0.6 is 11.3 Å². The van der Waals surface area contributed by atoms with Gasteiger partial charge in [0.1, 0.15) is 5.75 Å². The third-order valence-electron chi connectivity index (χ3n) is 5.00. The summed E-state index contributed by atoms with van der Waals surface area (Å²) in [5.41, 5.74) is 1.14. The fourth-order valence-corrected chi connectivity index (χ4v) is 4.23. The number of fused-ring (bicyclic) bond motifs is 1. The van der Waals surface area contributed by atoms with Gasteiger partial charge in [-0.1, -0.05) is 25.2 Å². The van der Waals surface area contributed by atoms with E-state index in [1.54, 1.807) is 4.90 Å². The third-order valence-corrected chi connectivity index (χ3v) is 6.04. The van der Waals surface area contributed by atoms with Crippen LogP contribution in [0.3, 0.4) is 0 Å². The minimum absolute atomic E-state index is 0. The van der Waals surface area contributed by atoms with Crippen LogP contribution in [0.15, 0.2) is 42.5 Å². The first kappa shape index (κ1) is 25.5. The van der Waals surface area contributed by atoms with Gasteiger partial charge in [0, 0.05) is 30.8 Å². The summed E-state index contributed by atoms with van der Waals surface area (Å²) in [5, 5.41) is 11.5. The molecule has 0 aliphatic heterocycles. The molecule has 2 aromatic carbocycles. The Morgan fingerprint density at radius 2 is 1.78 bits per heavy atom. The zero-order valence-electron chi connectivity index (χ0n) is 18.3. The van der Waals surface area contributed by atoms with Crippen LogP contribution in [0.25, 0.3) is 10.2 Å². The molecule has 3 rings (SSSR count). The minimum Gasteiger partial charge on any atom is -1.00 e. The van der Waals surface area contributed by atoms with Crippen molar-refractivity contribution in [1.29, 1.82) is 0 Å². The van der Waals surface area contributed by atoms with Crippen LogP contribution < -0.4 is 22.0 Å². The average Bonchev–Trinajstić information content (AvgIpc) is 3.19. The number of carbonyl (C=O) groups is 1. The molecule has 3 aromatic rings. The van der Waals surface area contributed by atoms with E-state index < -0.39 is 4.92 Å². The number of anilines is 1. The Morgan fingerprint density at radius 1 is 1.09 bits per heavy atom. The smallest absolute Gasteiger partial charge is 0.269 e. The molecule has 0 atom stereocenters. The highest BCUT2D eigenvalue weighted by molar-refractivity contribution is 7.22. The third kappa shape index (κ3) is 5.93. The molecule has 8 nitrogen and oxygen atoms in total. The molecule has 0 spiro atoms. The fraction of sp³-hybridized carbons (Fsp3) is 0.364. The van der Waals surface area contributed by atoms with Gasteiger partial charge in [-0.05, 0) is 50.3 Å². The molecule has 1 aromatic heterocycles. The first-order valence-electron chi connectivity index (χ1n) is 10.3. The lowest BCUT2D eigenvalue weighted by Gasteiger charge is -2.24. The quantitative estimate of drug-likeness (QED) is 0.325. The number of amides is 1. The summed E-state index contributed by atoms with van der Waals surface area (Å²) in [6, 6.07) is 11.4. The van der Waals surface area contributed by atoms with Crippen LogP contribution in [0.5, 0.6) is 5.75 Å². The fourth-order valence-electron chi connectivity index (χ4n) is 3.21. The second kappa shape index (κ2) is 11.8. The number of rotatable bonds is 10. The van der Waals surface area contributed by atoms with Gasteiger partial charge in [-0.25, -0.2) is 4.98 Å². The number of non-ortho nitro benzene ring substituents is 1. The van der Waals surface area contributed by atoms with Gasteiger partial charge < -0.3 is 22.0 Å². The van der Waals surface area contributed by atoms with E-state index in [2.05, 4.69) is 23.7 Å². The number of thiazole rings is 1. The minimum atomic E-state index is -0.476. The van der Waals surface area contributed by atoms with Crippen LogP contribution in [0.2, 0.25) is 0 Å². The predicted molar refractivity (Wildman–Crippen MR) is 123 cm³/mol. The number of ether oxygens (including phenoxy) is 1. The molecule has 1 heterocycles. The van der Waals surface area contributed by atoms with Gasteiger partial charge in [-0.2, -0.15) is 0 Å². The molecule has 0 bridgehead atoms. The Bertz CT molecular complexity index is 1050. The standard InChI is InChI=1S/C22H26N4O4S.ClH/c1-4-24(5-2)13-14-25(21(27)16-7-9-17(10-8-16)26(28)29)22-23-19-12-11-18(30-6-3)15-20(19)31-22;/h7-12,15H,4-6,13-14H2,1-3H3;1H/p-1. The van der Waals surface area contributed by atoms with Crippen molar-refractivity contribution in [3.63, 3.8) is 0 Å². The van der Waals surface area contributed by atoms with Crippen LogP contribution in [0.4, 0.5) is 10.8 Å². The number of nitro groups is 1. The highest BCUT2D eigenvalue weighted by Gasteiger charge is 2.22. The molecular formula is C22H26ClN4O4S-. The maximum atomic E-state index is 13.3. The lowest BCUT2D eigenvalue weighted by Crippen LogP contribution is -3.00. The Kier molecular flexibility index (Phi) is 9.37. The van der Waals surface area contributed by atoms with Gasteiger partial charge >= 0.3 is 0 Å². The second-order valence-corrected chi connectivity index (χ2v) is 7.86. The summed E-state index contributed by atoms with van der Waals surface area (Å²) in [7, 11) is 0. The largest absolute Gasteiger partial charge is 1.00 e. The van der Waals surface area contributed by atoms with E-state index >= 15 is 0 Å². The van der Waals surface area contributed by atoms with E-state index in [1.165, 1.54) is 35.6 Å². The van der Waals surface area contributed by atoms with Crippen molar-refractivity contribution in [3.05, 3.63) is 58.1 Å². The van der Waals surface area contributed by atoms with Gasteiger partial charge in [-0.15, -0.1) is 0 Å². The van der Waals surface area contributed by atoms with E-state index in [4.69, 9.17) is 4.74 Å². The molecule has 0 aliphatic carbocycles. The van der Waals surface area contributed by atoms with Crippen molar-refractivity contribution >= 4 is 38.3 Å². The molecule has 0 radical (unpaired) electrons. The lowest BCUT2D eigenvalue weighted by atomic mass is 10.2. The number of aromatic nitrogens is 1. The normalized spacial score (nSPS) is 10.8. The molecule has 0 saturated carbocycles. The Balaban J connectivity index is 0.00000363. The SMILES string of the molecule is CCOc1ccc2nc(N(CCN(CC)CC)C(=O)c3ccc([N+](=O)[O-])cc3)sc2c1.[Cl-]. The Morgan fingerprint density at radius 3 is 2.38 bits per heavy atom.